The van der Waals surface area contributed by atoms with Crippen molar-refractivity contribution in [1.29, 1.82) is 0 Å². The van der Waals surface area contributed by atoms with E-state index in [1.54, 1.807) is 7.11 Å². The molecular weight excluding hydrogens is 252 g/mol. The minimum Gasteiger partial charge on any atom is -0.387 e. The second-order valence-electron chi connectivity index (χ2n) is 6.62. The summed E-state index contributed by atoms with van der Waals surface area (Å²) in [6.07, 6.45) is 2.46. The third-order valence-corrected chi connectivity index (χ3v) is 4.44. The predicted molar refractivity (Wildman–Crippen MR) is 79.5 cm³/mol. The molecule has 0 heterocycles. The van der Waals surface area contributed by atoms with E-state index in [9.17, 15) is 5.11 Å². The average molecular weight is 278 g/mol. The molecule has 20 heavy (non-hydrogen) atoms. The Morgan fingerprint density at radius 1 is 1.20 bits per heavy atom. The summed E-state index contributed by atoms with van der Waals surface area (Å²) in [5, 5.41) is 10.7. The average Bonchev–Trinajstić information content (AvgIpc) is 2.43. The minimum atomic E-state index is -0.759. The number of aliphatic hydroxyl groups is 1. The molecule has 0 bridgehead atoms. The van der Waals surface area contributed by atoms with E-state index in [2.05, 4.69) is 13.8 Å². The van der Waals surface area contributed by atoms with Crippen LogP contribution in [-0.4, -0.2) is 30.5 Å². The number of ether oxygens (including phenoxy) is 2. The van der Waals surface area contributed by atoms with Crippen molar-refractivity contribution in [3.63, 3.8) is 0 Å². The highest BCUT2D eigenvalue weighted by Gasteiger charge is 2.44. The highest BCUT2D eigenvalue weighted by atomic mass is 16.5. The van der Waals surface area contributed by atoms with Gasteiger partial charge >= 0.3 is 0 Å². The van der Waals surface area contributed by atoms with E-state index in [-0.39, 0.29) is 11.5 Å². The lowest BCUT2D eigenvalue weighted by molar-refractivity contribution is -0.141. The Bertz CT molecular complexity index is 416. The third kappa shape index (κ3) is 3.81. The Kier molecular flexibility index (Phi) is 4.84. The van der Waals surface area contributed by atoms with Crippen molar-refractivity contribution in [3.8, 4) is 0 Å². The zero-order chi connectivity index (χ0) is 14.6. The second-order valence-corrected chi connectivity index (χ2v) is 6.62. The molecule has 0 spiro atoms. The van der Waals surface area contributed by atoms with Gasteiger partial charge in [0.1, 0.15) is 0 Å². The molecule has 2 unspecified atom stereocenters. The molecule has 1 fully saturated rings. The molecular formula is C17H26O3. The summed E-state index contributed by atoms with van der Waals surface area (Å²) in [5.41, 5.74) is 0.501. The molecule has 0 saturated heterocycles. The summed E-state index contributed by atoms with van der Waals surface area (Å²) in [4.78, 5) is 0. The molecule has 2 rings (SSSR count). The van der Waals surface area contributed by atoms with Crippen molar-refractivity contribution < 1.29 is 14.6 Å². The van der Waals surface area contributed by atoms with Crippen molar-refractivity contribution in [2.45, 2.75) is 51.4 Å². The van der Waals surface area contributed by atoms with Gasteiger partial charge in [0.25, 0.3) is 0 Å². The van der Waals surface area contributed by atoms with Crippen LogP contribution in [0.1, 0.15) is 38.7 Å². The first-order chi connectivity index (χ1) is 9.45. The molecule has 0 aliphatic heterocycles. The fourth-order valence-electron chi connectivity index (χ4n) is 2.91. The predicted octanol–water partition coefficient (Wildman–Crippen LogP) is 3.16. The smallest absolute Gasteiger partial charge is 0.0905 e. The van der Waals surface area contributed by atoms with Crippen molar-refractivity contribution in [2.75, 3.05) is 13.7 Å². The Morgan fingerprint density at radius 2 is 1.90 bits per heavy atom. The van der Waals surface area contributed by atoms with E-state index in [1.165, 1.54) is 0 Å². The Morgan fingerprint density at radius 3 is 2.55 bits per heavy atom. The van der Waals surface area contributed by atoms with Crippen molar-refractivity contribution in [1.82, 2.24) is 0 Å². The minimum absolute atomic E-state index is 0.0848. The van der Waals surface area contributed by atoms with Gasteiger partial charge in [0.05, 0.1) is 24.9 Å². The first kappa shape index (κ1) is 15.5. The van der Waals surface area contributed by atoms with Crippen LogP contribution in [0.4, 0.5) is 0 Å². The summed E-state index contributed by atoms with van der Waals surface area (Å²) in [6, 6.07) is 10.1. The summed E-state index contributed by atoms with van der Waals surface area (Å²) in [6.45, 7) is 5.32. The summed E-state index contributed by atoms with van der Waals surface area (Å²) >= 11 is 0. The molecule has 0 amide bonds. The molecule has 1 aliphatic rings. The Balaban J connectivity index is 1.86. The summed E-state index contributed by atoms with van der Waals surface area (Å²) < 4.78 is 11.3. The fourth-order valence-corrected chi connectivity index (χ4v) is 2.91. The van der Waals surface area contributed by atoms with Crippen LogP contribution in [0.25, 0.3) is 0 Å². The molecule has 0 radical (unpaired) electrons. The number of hydrogen-bond donors (Lipinski definition) is 1. The molecule has 112 valence electrons. The Hall–Kier alpha value is -0.900. The van der Waals surface area contributed by atoms with Crippen molar-refractivity contribution in [3.05, 3.63) is 35.9 Å². The van der Waals surface area contributed by atoms with Crippen LogP contribution in [0.5, 0.6) is 0 Å². The second kappa shape index (κ2) is 6.25. The lowest BCUT2D eigenvalue weighted by Crippen LogP contribution is -2.49. The van der Waals surface area contributed by atoms with Gasteiger partial charge in [-0.25, -0.2) is 0 Å². The van der Waals surface area contributed by atoms with E-state index in [0.29, 0.717) is 19.6 Å². The maximum atomic E-state index is 10.7. The lowest BCUT2D eigenvalue weighted by Gasteiger charge is -2.45. The molecule has 3 nitrogen and oxygen atoms in total. The fraction of sp³-hybridized carbons (Fsp3) is 0.647. The number of rotatable bonds is 5. The maximum Gasteiger partial charge on any atom is 0.0905 e. The van der Waals surface area contributed by atoms with Gasteiger partial charge in [0.15, 0.2) is 0 Å². The summed E-state index contributed by atoms with van der Waals surface area (Å²) in [5.74, 6) is 0. The van der Waals surface area contributed by atoms with Crippen LogP contribution in [0.2, 0.25) is 0 Å². The molecule has 0 aromatic heterocycles. The van der Waals surface area contributed by atoms with E-state index in [0.717, 1.165) is 18.4 Å². The first-order valence-corrected chi connectivity index (χ1v) is 7.32. The number of benzene rings is 1. The van der Waals surface area contributed by atoms with Gasteiger partial charge in [-0.15, -0.1) is 0 Å². The molecule has 3 heteroatoms. The van der Waals surface area contributed by atoms with Gasteiger partial charge in [0, 0.05) is 13.5 Å². The topological polar surface area (TPSA) is 38.7 Å². The molecule has 1 aliphatic carbocycles. The standard InChI is InChI=1S/C17H26O3/c1-16(2)9-10-17(18,11-15(16)19-3)13-20-12-14-7-5-4-6-8-14/h4-8,15,18H,9-13H2,1-3H3. The van der Waals surface area contributed by atoms with Crippen molar-refractivity contribution in [2.24, 2.45) is 5.41 Å². The number of methoxy groups -OCH3 is 1. The van der Waals surface area contributed by atoms with Crippen LogP contribution >= 0.6 is 0 Å². The number of hydrogen-bond acceptors (Lipinski definition) is 3. The highest BCUT2D eigenvalue weighted by molar-refractivity contribution is 5.13. The monoisotopic (exact) mass is 278 g/mol. The van der Waals surface area contributed by atoms with Gasteiger partial charge in [-0.3, -0.25) is 0 Å². The maximum absolute atomic E-state index is 10.7. The Labute approximate surface area is 121 Å². The zero-order valence-corrected chi connectivity index (χ0v) is 12.8. The van der Waals surface area contributed by atoms with Crippen LogP contribution in [0.3, 0.4) is 0 Å². The van der Waals surface area contributed by atoms with E-state index >= 15 is 0 Å². The van der Waals surface area contributed by atoms with Gasteiger partial charge in [-0.05, 0) is 23.8 Å². The van der Waals surface area contributed by atoms with E-state index in [1.807, 2.05) is 30.3 Å². The van der Waals surface area contributed by atoms with E-state index < -0.39 is 5.60 Å². The molecule has 1 saturated carbocycles. The van der Waals surface area contributed by atoms with Gasteiger partial charge in [0.2, 0.25) is 0 Å². The van der Waals surface area contributed by atoms with Crippen LogP contribution in [0, 0.1) is 5.41 Å². The quantitative estimate of drug-likeness (QED) is 0.899. The van der Waals surface area contributed by atoms with Crippen molar-refractivity contribution >= 4 is 0 Å². The third-order valence-electron chi connectivity index (χ3n) is 4.44. The summed E-state index contributed by atoms with van der Waals surface area (Å²) in [7, 11) is 1.73. The largest absolute Gasteiger partial charge is 0.387 e. The van der Waals surface area contributed by atoms with Crippen LogP contribution in [0.15, 0.2) is 30.3 Å². The molecule has 1 aromatic carbocycles. The zero-order valence-electron chi connectivity index (χ0n) is 12.8. The van der Waals surface area contributed by atoms with Gasteiger partial charge in [-0.1, -0.05) is 44.2 Å². The van der Waals surface area contributed by atoms with E-state index in [4.69, 9.17) is 9.47 Å². The normalized spacial score (nSPS) is 29.3. The highest BCUT2D eigenvalue weighted by Crippen LogP contribution is 2.42. The lowest BCUT2D eigenvalue weighted by atomic mass is 9.69. The SMILES string of the molecule is COC1CC(O)(COCc2ccccc2)CCC1(C)C. The molecule has 2 atom stereocenters. The molecule has 1 N–H and O–H groups in total. The first-order valence-electron chi connectivity index (χ1n) is 7.32. The van der Waals surface area contributed by atoms with Gasteiger partial charge < -0.3 is 14.6 Å². The van der Waals surface area contributed by atoms with Gasteiger partial charge in [-0.2, -0.15) is 0 Å². The molecule has 1 aromatic rings. The van der Waals surface area contributed by atoms with Crippen LogP contribution < -0.4 is 0 Å². The van der Waals surface area contributed by atoms with Crippen LogP contribution in [-0.2, 0) is 16.1 Å².